The molecule has 0 aliphatic heterocycles. The van der Waals surface area contributed by atoms with Crippen LogP contribution in [-0.4, -0.2) is 35.7 Å². The molecule has 1 aromatic rings. The van der Waals surface area contributed by atoms with E-state index in [1.54, 1.807) is 6.92 Å². The summed E-state index contributed by atoms with van der Waals surface area (Å²) in [6, 6.07) is 9.71. The molecule has 0 saturated heterocycles. The Balaban J connectivity index is 2.45. The number of carbonyl (C=O) groups is 2. The summed E-state index contributed by atoms with van der Waals surface area (Å²) in [7, 11) is 0. The van der Waals surface area contributed by atoms with Crippen LogP contribution < -0.4 is 5.32 Å². The Hall–Kier alpha value is -2.14. The number of ether oxygens (including phenoxy) is 1. The highest BCUT2D eigenvalue weighted by Crippen LogP contribution is 2.16. The molecule has 1 rings (SSSR count). The number of carbonyl (C=O) groups excluding carboxylic acids is 2. The molecule has 1 atom stereocenters. The van der Waals surface area contributed by atoms with Gasteiger partial charge in [0.05, 0.1) is 6.61 Å². The molecule has 0 aromatic heterocycles. The second-order valence-electron chi connectivity index (χ2n) is 5.27. The van der Waals surface area contributed by atoms with Crippen molar-refractivity contribution in [3.8, 4) is 0 Å². The molecule has 5 heteroatoms. The largest absolute Gasteiger partial charge is 0.463 e. The molecule has 0 fully saturated rings. The number of hydrogen-bond donors (Lipinski definition) is 2. The Labute approximate surface area is 131 Å². The Bertz CT molecular complexity index is 523. The average Bonchev–Trinajstić information content (AvgIpc) is 2.48. The first kappa shape index (κ1) is 17.9. The molecule has 5 nitrogen and oxygen atoms in total. The second-order valence-corrected chi connectivity index (χ2v) is 5.27. The first-order valence-electron chi connectivity index (χ1n) is 7.26. The smallest absolute Gasteiger partial charge is 0.333 e. The van der Waals surface area contributed by atoms with Crippen molar-refractivity contribution in [2.75, 3.05) is 13.2 Å². The zero-order valence-corrected chi connectivity index (χ0v) is 13.1. The number of nitrogens with one attached hydrogen (secondary N) is 1. The molecule has 0 saturated carbocycles. The summed E-state index contributed by atoms with van der Waals surface area (Å²) in [6.07, 6.45) is 0.504. The maximum atomic E-state index is 12.0. The van der Waals surface area contributed by atoms with Gasteiger partial charge in [-0.3, -0.25) is 4.79 Å². The number of hydrogen-bond acceptors (Lipinski definition) is 4. The molecule has 1 amide bonds. The fraction of sp³-hybridized carbons (Fsp3) is 0.412. The van der Waals surface area contributed by atoms with Gasteiger partial charge in [0.1, 0.15) is 5.60 Å². The number of amides is 1. The Kier molecular flexibility index (Phi) is 6.79. The number of esters is 1. The average molecular weight is 305 g/mol. The molecule has 1 aromatic carbocycles. The lowest BCUT2D eigenvalue weighted by molar-refractivity contribution is -0.141. The van der Waals surface area contributed by atoms with Crippen LogP contribution in [0.1, 0.15) is 25.8 Å². The van der Waals surface area contributed by atoms with Crippen molar-refractivity contribution >= 4 is 11.9 Å². The van der Waals surface area contributed by atoms with Gasteiger partial charge in [-0.15, -0.1) is 0 Å². The third-order valence-electron chi connectivity index (χ3n) is 3.15. The zero-order chi connectivity index (χ0) is 16.6. The van der Waals surface area contributed by atoms with Gasteiger partial charge in [-0.2, -0.15) is 0 Å². The zero-order valence-electron chi connectivity index (χ0n) is 13.1. The van der Waals surface area contributed by atoms with Gasteiger partial charge in [-0.1, -0.05) is 36.9 Å². The summed E-state index contributed by atoms with van der Waals surface area (Å²) in [4.78, 5) is 23.5. The van der Waals surface area contributed by atoms with Gasteiger partial charge in [0, 0.05) is 18.5 Å². The SMILES string of the molecule is C=C(CC(C)(O)C(=O)NCCc1ccccc1)C(=O)OCC. The molecule has 0 aliphatic rings. The van der Waals surface area contributed by atoms with E-state index in [0.717, 1.165) is 5.56 Å². The van der Waals surface area contributed by atoms with Gasteiger partial charge in [0.25, 0.3) is 5.91 Å². The molecule has 0 spiro atoms. The highest BCUT2D eigenvalue weighted by atomic mass is 16.5. The van der Waals surface area contributed by atoms with Crippen LogP contribution in [0.5, 0.6) is 0 Å². The van der Waals surface area contributed by atoms with Crippen LogP contribution >= 0.6 is 0 Å². The van der Waals surface area contributed by atoms with E-state index in [-0.39, 0.29) is 18.6 Å². The Morgan fingerprint density at radius 1 is 1.32 bits per heavy atom. The first-order valence-corrected chi connectivity index (χ1v) is 7.26. The van der Waals surface area contributed by atoms with Crippen LogP contribution in [0.4, 0.5) is 0 Å². The molecular weight excluding hydrogens is 282 g/mol. The molecular formula is C17H23NO4. The first-order chi connectivity index (χ1) is 10.4. The van der Waals surface area contributed by atoms with Crippen molar-refractivity contribution in [2.45, 2.75) is 32.3 Å². The van der Waals surface area contributed by atoms with Crippen LogP contribution in [0.15, 0.2) is 42.5 Å². The number of benzene rings is 1. The van der Waals surface area contributed by atoms with Crippen molar-refractivity contribution in [1.29, 1.82) is 0 Å². The predicted octanol–water partition coefficient (Wildman–Crippen LogP) is 1.61. The Morgan fingerprint density at radius 2 is 1.95 bits per heavy atom. The Morgan fingerprint density at radius 3 is 2.55 bits per heavy atom. The van der Waals surface area contributed by atoms with Gasteiger partial charge >= 0.3 is 5.97 Å². The maximum absolute atomic E-state index is 12.0. The highest BCUT2D eigenvalue weighted by molar-refractivity contribution is 5.91. The molecule has 1 unspecified atom stereocenters. The number of aliphatic hydroxyl groups is 1. The van der Waals surface area contributed by atoms with Gasteiger partial charge < -0.3 is 15.2 Å². The van der Waals surface area contributed by atoms with E-state index < -0.39 is 17.5 Å². The fourth-order valence-corrected chi connectivity index (χ4v) is 1.96. The van der Waals surface area contributed by atoms with Gasteiger partial charge in [-0.05, 0) is 25.8 Å². The standard InChI is InChI=1S/C17H23NO4/c1-4-22-15(19)13(2)12-17(3,21)16(20)18-11-10-14-8-6-5-7-9-14/h5-9,21H,2,4,10-12H2,1,3H3,(H,18,20). The lowest BCUT2D eigenvalue weighted by Gasteiger charge is -2.22. The predicted molar refractivity (Wildman–Crippen MR) is 84.2 cm³/mol. The van der Waals surface area contributed by atoms with Crippen LogP contribution in [0.2, 0.25) is 0 Å². The van der Waals surface area contributed by atoms with Crippen molar-refractivity contribution in [3.05, 3.63) is 48.0 Å². The normalized spacial score (nSPS) is 13.0. The van der Waals surface area contributed by atoms with Gasteiger partial charge in [0.2, 0.25) is 0 Å². The molecule has 22 heavy (non-hydrogen) atoms. The van der Waals surface area contributed by atoms with E-state index in [4.69, 9.17) is 4.74 Å². The van der Waals surface area contributed by atoms with Crippen LogP contribution in [0.25, 0.3) is 0 Å². The van der Waals surface area contributed by atoms with E-state index in [2.05, 4.69) is 11.9 Å². The monoisotopic (exact) mass is 305 g/mol. The maximum Gasteiger partial charge on any atom is 0.333 e. The summed E-state index contributed by atoms with van der Waals surface area (Å²) < 4.78 is 4.79. The topological polar surface area (TPSA) is 75.6 Å². The fourth-order valence-electron chi connectivity index (χ4n) is 1.96. The number of rotatable bonds is 8. The summed E-state index contributed by atoms with van der Waals surface area (Å²) >= 11 is 0. The highest BCUT2D eigenvalue weighted by Gasteiger charge is 2.32. The molecule has 0 radical (unpaired) electrons. The summed E-state index contributed by atoms with van der Waals surface area (Å²) in [6.45, 7) is 7.22. The van der Waals surface area contributed by atoms with E-state index in [1.807, 2.05) is 30.3 Å². The minimum atomic E-state index is -1.69. The quantitative estimate of drug-likeness (QED) is 0.565. The van der Waals surface area contributed by atoms with E-state index >= 15 is 0 Å². The van der Waals surface area contributed by atoms with Gasteiger partial charge in [0.15, 0.2) is 0 Å². The van der Waals surface area contributed by atoms with E-state index in [0.29, 0.717) is 13.0 Å². The lowest BCUT2D eigenvalue weighted by atomic mass is 9.96. The molecule has 120 valence electrons. The summed E-state index contributed by atoms with van der Waals surface area (Å²) in [5, 5.41) is 12.9. The van der Waals surface area contributed by atoms with Crippen molar-refractivity contribution < 1.29 is 19.4 Å². The van der Waals surface area contributed by atoms with E-state index in [1.165, 1.54) is 6.92 Å². The summed E-state index contributed by atoms with van der Waals surface area (Å²) in [5.41, 5.74) is -0.524. The summed E-state index contributed by atoms with van der Waals surface area (Å²) in [5.74, 6) is -1.13. The second kappa shape index (κ2) is 8.34. The van der Waals surface area contributed by atoms with Crippen LogP contribution in [-0.2, 0) is 20.7 Å². The third kappa shape index (κ3) is 5.69. The molecule has 0 heterocycles. The van der Waals surface area contributed by atoms with Crippen molar-refractivity contribution in [3.63, 3.8) is 0 Å². The minimum absolute atomic E-state index is 0.0741. The molecule has 0 bridgehead atoms. The van der Waals surface area contributed by atoms with Crippen molar-refractivity contribution in [1.82, 2.24) is 5.32 Å². The van der Waals surface area contributed by atoms with Crippen molar-refractivity contribution in [2.24, 2.45) is 0 Å². The van der Waals surface area contributed by atoms with Gasteiger partial charge in [-0.25, -0.2) is 4.79 Å². The lowest BCUT2D eigenvalue weighted by Crippen LogP contribution is -2.45. The molecule has 0 aliphatic carbocycles. The molecule has 2 N–H and O–H groups in total. The van der Waals surface area contributed by atoms with E-state index in [9.17, 15) is 14.7 Å². The third-order valence-corrected chi connectivity index (χ3v) is 3.15. The van der Waals surface area contributed by atoms with Crippen LogP contribution in [0.3, 0.4) is 0 Å². The minimum Gasteiger partial charge on any atom is -0.463 e. The van der Waals surface area contributed by atoms with Crippen LogP contribution in [0, 0.1) is 0 Å².